The highest BCUT2D eigenvalue weighted by Gasteiger charge is 2.15. The molecule has 0 unspecified atom stereocenters. The summed E-state index contributed by atoms with van der Waals surface area (Å²) >= 11 is 0. The van der Waals surface area contributed by atoms with Gasteiger partial charge in [0.2, 0.25) is 0 Å². The van der Waals surface area contributed by atoms with E-state index in [0.29, 0.717) is 0 Å². The van der Waals surface area contributed by atoms with E-state index in [0.717, 1.165) is 0 Å². The van der Waals surface area contributed by atoms with Crippen molar-refractivity contribution in [3.05, 3.63) is 0 Å². The molecule has 0 saturated carbocycles. The number of nitrogens with zero attached hydrogens (tertiary/aromatic N) is 3. The third kappa shape index (κ3) is 71.6. The summed E-state index contributed by atoms with van der Waals surface area (Å²) < 4.78 is 12.3. The van der Waals surface area contributed by atoms with Crippen molar-refractivity contribution < 1.29 is 32.7 Å². The summed E-state index contributed by atoms with van der Waals surface area (Å²) in [4.78, 5) is 25.6. The quantitative estimate of drug-likeness (QED) is 0.0347. The molecule has 0 bridgehead atoms. The van der Waals surface area contributed by atoms with Gasteiger partial charge in [0.15, 0.2) is 0 Å². The first-order valence-corrected chi connectivity index (χ1v) is 29.0. The number of unbranched alkanes of at least 4 members (excludes halogenated alkanes) is 30. The lowest BCUT2D eigenvalue weighted by atomic mass is 10.1. The molecule has 62 heavy (non-hydrogen) atoms. The zero-order chi connectivity index (χ0) is 47.7. The van der Waals surface area contributed by atoms with Gasteiger partial charge in [0.1, 0.15) is 0 Å². The number of hydrogen-bond acceptors (Lipinski definition) is 4. The van der Waals surface area contributed by atoms with Crippen molar-refractivity contribution in [1.82, 2.24) is 0 Å². The van der Waals surface area contributed by atoms with Crippen LogP contribution in [0.25, 0.3) is 0 Å². The Balaban J connectivity index is -0.000000385. The average molecular weight is 907 g/mol. The maximum Gasteiger partial charge on any atom is 0.0782 e. The van der Waals surface area contributed by atoms with Crippen LogP contribution in [-0.2, 0) is 4.57 Å². The monoisotopic (exact) mass is 906 g/mol. The summed E-state index contributed by atoms with van der Waals surface area (Å²) in [7, 11) is 9.10. The second-order valence-corrected chi connectivity index (χ2v) is 22.1. The fourth-order valence-electron chi connectivity index (χ4n) is 8.26. The number of rotatable bonds is 42. The SMILES string of the molecule is CCCCCCCC[N+](C)(C)CCCCCCCC.CCCCCCCC[N+](C)(C)CCCCCCCC.CCCCCCCC[N+](C)(C)CCCCCCCC.O=P([O-])([O-])[O-]. The minimum Gasteiger partial charge on any atom is -0.822 e. The summed E-state index contributed by atoms with van der Waals surface area (Å²) in [6.45, 7) is 22.0. The van der Waals surface area contributed by atoms with Crippen LogP contribution in [0.15, 0.2) is 0 Å². The molecule has 0 aliphatic rings. The van der Waals surface area contributed by atoms with Crippen molar-refractivity contribution in [1.29, 1.82) is 0 Å². The predicted molar refractivity (Wildman–Crippen MR) is 273 cm³/mol. The molecule has 0 aliphatic heterocycles. The van der Waals surface area contributed by atoms with Crippen molar-refractivity contribution in [2.24, 2.45) is 0 Å². The van der Waals surface area contributed by atoms with Crippen LogP contribution in [0, 0.1) is 0 Å². The Morgan fingerprint density at radius 2 is 0.339 bits per heavy atom. The number of hydrogen-bond donors (Lipinski definition) is 0. The van der Waals surface area contributed by atoms with E-state index >= 15 is 0 Å². The Labute approximate surface area is 393 Å². The maximum absolute atomic E-state index is 8.55. The van der Waals surface area contributed by atoms with Gasteiger partial charge >= 0.3 is 0 Å². The number of quaternary nitrogens is 3. The molecule has 0 aromatic heterocycles. The highest BCUT2D eigenvalue weighted by atomic mass is 31.2. The van der Waals surface area contributed by atoms with E-state index in [1.165, 1.54) is 284 Å². The maximum atomic E-state index is 8.55. The predicted octanol–water partition coefficient (Wildman–Crippen LogP) is 14.5. The first kappa shape index (κ1) is 68.6. The van der Waals surface area contributed by atoms with Gasteiger partial charge in [0.05, 0.1) is 81.6 Å². The van der Waals surface area contributed by atoms with E-state index in [-0.39, 0.29) is 0 Å². The van der Waals surface area contributed by atoms with Gasteiger partial charge < -0.3 is 32.7 Å². The summed E-state index contributed by atoms with van der Waals surface area (Å²) in [5, 5.41) is 0. The summed E-state index contributed by atoms with van der Waals surface area (Å²) in [6.07, 6.45) is 51.3. The van der Waals surface area contributed by atoms with E-state index in [9.17, 15) is 0 Å². The average Bonchev–Trinajstić information content (AvgIpc) is 3.19. The Bertz CT molecular complexity index is 722. The van der Waals surface area contributed by atoms with Crippen LogP contribution in [0.2, 0.25) is 0 Å². The summed E-state index contributed by atoms with van der Waals surface area (Å²) in [5.74, 6) is 0. The molecule has 380 valence electrons. The molecule has 0 aromatic rings. The molecule has 7 nitrogen and oxygen atoms in total. The lowest BCUT2D eigenvalue weighted by molar-refractivity contribution is -0.890. The lowest BCUT2D eigenvalue weighted by Crippen LogP contribution is -2.41. The zero-order valence-corrected chi connectivity index (χ0v) is 46.0. The van der Waals surface area contributed by atoms with Crippen LogP contribution in [0.4, 0.5) is 0 Å². The van der Waals surface area contributed by atoms with Crippen molar-refractivity contribution in [3.63, 3.8) is 0 Å². The van der Waals surface area contributed by atoms with E-state index in [2.05, 4.69) is 83.8 Å². The molecule has 0 atom stereocenters. The Morgan fingerprint density at radius 1 is 0.242 bits per heavy atom. The highest BCUT2D eigenvalue weighted by molar-refractivity contribution is 7.40. The Hall–Kier alpha value is -0.0100. The van der Waals surface area contributed by atoms with Crippen molar-refractivity contribution in [3.8, 4) is 0 Å². The van der Waals surface area contributed by atoms with Crippen molar-refractivity contribution in [2.75, 3.05) is 81.6 Å². The second kappa shape index (κ2) is 50.4. The molecule has 0 fully saturated rings. The summed E-state index contributed by atoms with van der Waals surface area (Å²) in [6, 6.07) is 0. The van der Waals surface area contributed by atoms with Gasteiger partial charge in [-0.05, 0) is 77.0 Å². The van der Waals surface area contributed by atoms with Gasteiger partial charge in [-0.3, -0.25) is 0 Å². The standard InChI is InChI=1S/3C18H40N.H3O4P/c3*1-5-7-9-11-13-15-17-19(3,4)18-16-14-12-10-8-6-2;1-5(2,3)4/h3*5-18H2,1-4H3;(H3,1,2,3,4)/q3*+1;/p-3. The largest absolute Gasteiger partial charge is 0.822 e. The first-order valence-electron chi connectivity index (χ1n) is 27.6. The van der Waals surface area contributed by atoms with Gasteiger partial charge in [0.25, 0.3) is 0 Å². The molecule has 0 rings (SSSR count). The zero-order valence-electron chi connectivity index (χ0n) is 45.1. The third-order valence-electron chi connectivity index (χ3n) is 12.7. The number of phosphoric acid groups is 1. The van der Waals surface area contributed by atoms with E-state index in [1.54, 1.807) is 0 Å². The topological polar surface area (TPSA) is 86.2 Å². The molecular formula is C54H120N3O4P. The van der Waals surface area contributed by atoms with Gasteiger partial charge in [-0.15, -0.1) is 0 Å². The van der Waals surface area contributed by atoms with Crippen molar-refractivity contribution in [2.45, 2.75) is 273 Å². The molecule has 0 amide bonds. The minimum absolute atomic E-state index is 1.24. The molecule has 0 aromatic carbocycles. The van der Waals surface area contributed by atoms with Crippen LogP contribution in [0.3, 0.4) is 0 Å². The fraction of sp³-hybridized carbons (Fsp3) is 1.00. The van der Waals surface area contributed by atoms with Crippen LogP contribution in [0.1, 0.15) is 273 Å². The molecule has 0 radical (unpaired) electrons. The second-order valence-electron chi connectivity index (χ2n) is 21.2. The molecule has 0 spiro atoms. The van der Waals surface area contributed by atoms with Crippen LogP contribution in [-0.4, -0.2) is 95.0 Å². The normalized spacial score (nSPS) is 12.0. The summed E-state index contributed by atoms with van der Waals surface area (Å²) in [5.41, 5.74) is 0. The third-order valence-corrected chi connectivity index (χ3v) is 12.7. The highest BCUT2D eigenvalue weighted by Crippen LogP contribution is 2.14. The first-order chi connectivity index (χ1) is 29.4. The van der Waals surface area contributed by atoms with Crippen LogP contribution >= 0.6 is 7.82 Å². The molecule has 8 heteroatoms. The Kier molecular flexibility index (Phi) is 55.7. The van der Waals surface area contributed by atoms with Gasteiger partial charge in [0, 0.05) is 0 Å². The molecule has 0 saturated heterocycles. The van der Waals surface area contributed by atoms with E-state index in [4.69, 9.17) is 19.2 Å². The smallest absolute Gasteiger partial charge is 0.0782 e. The lowest BCUT2D eigenvalue weighted by Gasteiger charge is -2.36. The van der Waals surface area contributed by atoms with Gasteiger partial charge in [-0.1, -0.05) is 196 Å². The molecule has 0 N–H and O–H groups in total. The fourth-order valence-corrected chi connectivity index (χ4v) is 8.26. The van der Waals surface area contributed by atoms with Crippen LogP contribution in [0.5, 0.6) is 0 Å². The van der Waals surface area contributed by atoms with E-state index in [1.807, 2.05) is 0 Å². The molecule has 0 aliphatic carbocycles. The minimum atomic E-state index is -5.39. The Morgan fingerprint density at radius 3 is 0.452 bits per heavy atom. The van der Waals surface area contributed by atoms with Gasteiger partial charge in [-0.2, -0.15) is 7.82 Å². The van der Waals surface area contributed by atoms with E-state index < -0.39 is 7.82 Å². The molecular weight excluding hydrogens is 786 g/mol. The van der Waals surface area contributed by atoms with Crippen molar-refractivity contribution >= 4 is 7.82 Å². The van der Waals surface area contributed by atoms with Gasteiger partial charge in [-0.25, -0.2) is 0 Å². The molecule has 0 heterocycles. The van der Waals surface area contributed by atoms with Crippen LogP contribution < -0.4 is 14.7 Å².